The van der Waals surface area contributed by atoms with E-state index in [0.717, 1.165) is 13.1 Å². The SMILES string of the molecule is C[C@H](c1cccnc1)N1CCC[C@H]1Cn1cncn1. The first-order valence-corrected chi connectivity index (χ1v) is 6.82. The molecule has 3 heterocycles. The number of hydrogen-bond acceptors (Lipinski definition) is 4. The minimum atomic E-state index is 0.407. The molecule has 1 fully saturated rings. The lowest BCUT2D eigenvalue weighted by Gasteiger charge is -2.30. The van der Waals surface area contributed by atoms with Gasteiger partial charge in [0.15, 0.2) is 0 Å². The van der Waals surface area contributed by atoms with Crippen molar-refractivity contribution in [1.82, 2.24) is 24.6 Å². The van der Waals surface area contributed by atoms with Gasteiger partial charge in [0.2, 0.25) is 0 Å². The lowest BCUT2D eigenvalue weighted by molar-refractivity contribution is 0.173. The van der Waals surface area contributed by atoms with E-state index >= 15 is 0 Å². The lowest BCUT2D eigenvalue weighted by atomic mass is 10.1. The van der Waals surface area contributed by atoms with Crippen LogP contribution in [0.4, 0.5) is 0 Å². The zero-order valence-electron chi connectivity index (χ0n) is 11.2. The Morgan fingerprint density at radius 1 is 1.42 bits per heavy atom. The molecule has 100 valence electrons. The van der Waals surface area contributed by atoms with Crippen molar-refractivity contribution < 1.29 is 0 Å². The van der Waals surface area contributed by atoms with E-state index in [9.17, 15) is 0 Å². The summed E-state index contributed by atoms with van der Waals surface area (Å²) in [7, 11) is 0. The molecule has 0 N–H and O–H groups in total. The molecule has 2 aromatic rings. The van der Waals surface area contributed by atoms with Gasteiger partial charge in [-0.1, -0.05) is 6.07 Å². The van der Waals surface area contributed by atoms with Gasteiger partial charge in [-0.2, -0.15) is 5.10 Å². The maximum absolute atomic E-state index is 4.22. The van der Waals surface area contributed by atoms with Gasteiger partial charge in [0.1, 0.15) is 12.7 Å². The third kappa shape index (κ3) is 2.66. The smallest absolute Gasteiger partial charge is 0.137 e. The first kappa shape index (κ1) is 12.3. The van der Waals surface area contributed by atoms with Crippen molar-refractivity contribution in [1.29, 1.82) is 0 Å². The second-order valence-corrected chi connectivity index (χ2v) is 5.11. The third-order valence-corrected chi connectivity index (χ3v) is 3.95. The Labute approximate surface area is 113 Å². The largest absolute Gasteiger partial charge is 0.292 e. The quantitative estimate of drug-likeness (QED) is 0.839. The highest BCUT2D eigenvalue weighted by atomic mass is 15.3. The van der Waals surface area contributed by atoms with Crippen LogP contribution in [-0.4, -0.2) is 37.2 Å². The predicted molar refractivity (Wildman–Crippen MR) is 72.4 cm³/mol. The Bertz CT molecular complexity index is 496. The van der Waals surface area contributed by atoms with E-state index in [-0.39, 0.29) is 0 Å². The average molecular weight is 257 g/mol. The number of nitrogens with zero attached hydrogens (tertiary/aromatic N) is 5. The van der Waals surface area contributed by atoms with Crippen molar-refractivity contribution in [2.75, 3.05) is 6.54 Å². The molecule has 0 saturated carbocycles. The first-order valence-electron chi connectivity index (χ1n) is 6.82. The summed E-state index contributed by atoms with van der Waals surface area (Å²) in [5.41, 5.74) is 1.29. The van der Waals surface area contributed by atoms with Crippen molar-refractivity contribution in [2.24, 2.45) is 0 Å². The predicted octanol–water partition coefficient (Wildman–Crippen LogP) is 1.90. The fourth-order valence-corrected chi connectivity index (χ4v) is 2.92. The normalized spacial score (nSPS) is 21.6. The maximum Gasteiger partial charge on any atom is 0.137 e. The topological polar surface area (TPSA) is 46.8 Å². The summed E-state index contributed by atoms with van der Waals surface area (Å²) in [4.78, 5) is 10.8. The van der Waals surface area contributed by atoms with Gasteiger partial charge >= 0.3 is 0 Å². The molecule has 1 saturated heterocycles. The number of rotatable bonds is 4. The van der Waals surface area contributed by atoms with E-state index in [1.165, 1.54) is 18.4 Å². The second kappa shape index (κ2) is 5.48. The van der Waals surface area contributed by atoms with Gasteiger partial charge in [0, 0.05) is 24.5 Å². The van der Waals surface area contributed by atoms with E-state index in [0.29, 0.717) is 12.1 Å². The first-order chi connectivity index (χ1) is 9.34. The lowest BCUT2D eigenvalue weighted by Crippen LogP contribution is -2.35. The van der Waals surface area contributed by atoms with Gasteiger partial charge in [-0.05, 0) is 37.9 Å². The number of pyridine rings is 1. The van der Waals surface area contributed by atoms with Crippen LogP contribution in [0.5, 0.6) is 0 Å². The van der Waals surface area contributed by atoms with E-state index in [1.807, 2.05) is 23.1 Å². The standard InChI is InChI=1S/C14H19N5/c1-12(13-4-2-6-15-8-13)19-7-3-5-14(19)9-18-11-16-10-17-18/h2,4,6,8,10-12,14H,3,5,7,9H2,1H3/t12-,14+/m1/s1. The highest BCUT2D eigenvalue weighted by Crippen LogP contribution is 2.29. The van der Waals surface area contributed by atoms with Crippen LogP contribution in [0.15, 0.2) is 37.2 Å². The van der Waals surface area contributed by atoms with Gasteiger partial charge in [0.05, 0.1) is 6.54 Å². The summed E-state index contributed by atoms with van der Waals surface area (Å²) in [6.45, 7) is 4.33. The monoisotopic (exact) mass is 257 g/mol. The van der Waals surface area contributed by atoms with Crippen molar-refractivity contribution >= 4 is 0 Å². The Kier molecular flexibility index (Phi) is 3.55. The minimum absolute atomic E-state index is 0.407. The Morgan fingerprint density at radius 3 is 3.11 bits per heavy atom. The van der Waals surface area contributed by atoms with Gasteiger partial charge in [-0.3, -0.25) is 14.6 Å². The van der Waals surface area contributed by atoms with Crippen LogP contribution in [0.1, 0.15) is 31.4 Å². The van der Waals surface area contributed by atoms with Gasteiger partial charge in [0.25, 0.3) is 0 Å². The average Bonchev–Trinajstić information content (AvgIpc) is 3.11. The molecule has 1 aliphatic heterocycles. The Morgan fingerprint density at radius 2 is 2.37 bits per heavy atom. The molecule has 0 spiro atoms. The summed E-state index contributed by atoms with van der Waals surface area (Å²) < 4.78 is 1.93. The summed E-state index contributed by atoms with van der Waals surface area (Å²) in [6.07, 6.45) is 9.67. The summed E-state index contributed by atoms with van der Waals surface area (Å²) in [5, 5.41) is 4.21. The molecule has 0 bridgehead atoms. The van der Waals surface area contributed by atoms with Crippen molar-refractivity contribution in [2.45, 2.75) is 38.4 Å². The van der Waals surface area contributed by atoms with Crippen LogP contribution in [0.2, 0.25) is 0 Å². The van der Waals surface area contributed by atoms with Gasteiger partial charge < -0.3 is 0 Å². The molecule has 2 aromatic heterocycles. The molecule has 0 amide bonds. The molecule has 2 atom stereocenters. The summed E-state index contributed by atoms with van der Waals surface area (Å²) >= 11 is 0. The van der Waals surface area contributed by atoms with E-state index in [2.05, 4.69) is 33.0 Å². The van der Waals surface area contributed by atoms with Crippen LogP contribution < -0.4 is 0 Å². The van der Waals surface area contributed by atoms with Crippen molar-refractivity contribution in [3.63, 3.8) is 0 Å². The number of likely N-dealkylation sites (tertiary alicyclic amines) is 1. The number of hydrogen-bond donors (Lipinski definition) is 0. The molecular formula is C14H19N5. The van der Waals surface area contributed by atoms with Crippen LogP contribution in [-0.2, 0) is 6.54 Å². The highest BCUT2D eigenvalue weighted by molar-refractivity contribution is 5.13. The maximum atomic E-state index is 4.22. The van der Waals surface area contributed by atoms with E-state index in [4.69, 9.17) is 0 Å². The molecule has 1 aliphatic rings. The Hall–Kier alpha value is -1.75. The molecular weight excluding hydrogens is 238 g/mol. The molecule has 19 heavy (non-hydrogen) atoms. The van der Waals surface area contributed by atoms with Crippen LogP contribution in [0.25, 0.3) is 0 Å². The van der Waals surface area contributed by atoms with Crippen LogP contribution >= 0.6 is 0 Å². The fraction of sp³-hybridized carbons (Fsp3) is 0.500. The van der Waals surface area contributed by atoms with Gasteiger partial charge in [-0.15, -0.1) is 0 Å². The van der Waals surface area contributed by atoms with Crippen LogP contribution in [0, 0.1) is 0 Å². The zero-order valence-corrected chi connectivity index (χ0v) is 11.2. The van der Waals surface area contributed by atoms with Crippen LogP contribution in [0.3, 0.4) is 0 Å². The van der Waals surface area contributed by atoms with Gasteiger partial charge in [-0.25, -0.2) is 4.98 Å². The second-order valence-electron chi connectivity index (χ2n) is 5.11. The molecule has 0 aliphatic carbocycles. The molecule has 0 aromatic carbocycles. The minimum Gasteiger partial charge on any atom is -0.292 e. The molecule has 3 rings (SSSR count). The van der Waals surface area contributed by atoms with E-state index < -0.39 is 0 Å². The van der Waals surface area contributed by atoms with Crippen molar-refractivity contribution in [3.8, 4) is 0 Å². The number of aromatic nitrogens is 4. The van der Waals surface area contributed by atoms with Crippen molar-refractivity contribution in [3.05, 3.63) is 42.7 Å². The fourth-order valence-electron chi connectivity index (χ4n) is 2.92. The Balaban J connectivity index is 1.72. The molecule has 0 radical (unpaired) electrons. The van der Waals surface area contributed by atoms with E-state index in [1.54, 1.807) is 12.7 Å². The summed E-state index contributed by atoms with van der Waals surface area (Å²) in [6, 6.07) is 5.11. The third-order valence-electron chi connectivity index (χ3n) is 3.95. The molecule has 5 nitrogen and oxygen atoms in total. The zero-order chi connectivity index (χ0) is 13.1. The summed E-state index contributed by atoms with van der Waals surface area (Å²) in [5.74, 6) is 0. The molecule has 5 heteroatoms. The highest BCUT2D eigenvalue weighted by Gasteiger charge is 2.29. The molecule has 0 unspecified atom stereocenters.